The number of para-hydroxylation sites is 3. The lowest BCUT2D eigenvalue weighted by Crippen LogP contribution is -2.30. The third-order valence-electron chi connectivity index (χ3n) is 2.87. The predicted octanol–water partition coefficient (Wildman–Crippen LogP) is 3.65. The van der Waals surface area contributed by atoms with Crippen LogP contribution in [0.5, 0.6) is 5.75 Å². The van der Waals surface area contributed by atoms with Gasteiger partial charge in [-0.05, 0) is 25.1 Å². The third-order valence-corrected chi connectivity index (χ3v) is 3.20. The zero-order valence-corrected chi connectivity index (χ0v) is 12.4. The Morgan fingerprint density at radius 3 is 2.55 bits per heavy atom. The summed E-state index contributed by atoms with van der Waals surface area (Å²) in [4.78, 5) is 22.4. The first-order chi connectivity index (χ1) is 10.5. The molecule has 0 fully saturated rings. The second-order valence-electron chi connectivity index (χ2n) is 4.45. The second kappa shape index (κ2) is 6.91. The Morgan fingerprint density at radius 1 is 1.23 bits per heavy atom. The van der Waals surface area contributed by atoms with Crippen LogP contribution in [0.1, 0.15) is 6.92 Å². The Kier molecular flexibility index (Phi) is 4.95. The molecule has 2 aromatic rings. The van der Waals surface area contributed by atoms with Crippen LogP contribution in [0.2, 0.25) is 5.02 Å². The lowest BCUT2D eigenvalue weighted by Gasteiger charge is -2.15. The number of hydrogen-bond donors (Lipinski definition) is 1. The quantitative estimate of drug-likeness (QED) is 0.673. The van der Waals surface area contributed by atoms with E-state index in [0.29, 0.717) is 10.7 Å². The molecule has 1 N–H and O–H groups in total. The van der Waals surface area contributed by atoms with Crippen LogP contribution in [0.3, 0.4) is 0 Å². The minimum absolute atomic E-state index is 0.0364. The number of hydrogen-bond acceptors (Lipinski definition) is 4. The number of nitro groups is 1. The number of nitro benzene ring substituents is 1. The molecule has 0 bridgehead atoms. The number of amides is 1. The van der Waals surface area contributed by atoms with Crippen molar-refractivity contribution in [3.05, 3.63) is 63.7 Å². The summed E-state index contributed by atoms with van der Waals surface area (Å²) in [6.07, 6.45) is -0.919. The molecule has 0 aliphatic carbocycles. The zero-order valence-electron chi connectivity index (χ0n) is 11.7. The predicted molar refractivity (Wildman–Crippen MR) is 83.3 cm³/mol. The van der Waals surface area contributed by atoms with E-state index in [1.807, 2.05) is 0 Å². The smallest absolute Gasteiger partial charge is 0.310 e. The zero-order chi connectivity index (χ0) is 16.1. The molecule has 2 rings (SSSR count). The van der Waals surface area contributed by atoms with E-state index >= 15 is 0 Å². The van der Waals surface area contributed by atoms with Gasteiger partial charge in [-0.1, -0.05) is 35.9 Å². The third kappa shape index (κ3) is 3.73. The highest BCUT2D eigenvalue weighted by Gasteiger charge is 2.21. The highest BCUT2D eigenvalue weighted by molar-refractivity contribution is 6.33. The van der Waals surface area contributed by atoms with Crippen LogP contribution in [0, 0.1) is 10.1 Å². The van der Waals surface area contributed by atoms with Crippen molar-refractivity contribution in [3.8, 4) is 5.75 Å². The lowest BCUT2D eigenvalue weighted by atomic mass is 10.2. The Morgan fingerprint density at radius 2 is 1.86 bits per heavy atom. The van der Waals surface area contributed by atoms with E-state index in [4.69, 9.17) is 16.3 Å². The maximum atomic E-state index is 12.1. The number of ether oxygens (including phenoxy) is 1. The Hall–Kier alpha value is -2.60. The molecule has 0 radical (unpaired) electrons. The van der Waals surface area contributed by atoms with Crippen molar-refractivity contribution in [2.45, 2.75) is 13.0 Å². The first-order valence-corrected chi connectivity index (χ1v) is 6.82. The fourth-order valence-corrected chi connectivity index (χ4v) is 1.93. The van der Waals surface area contributed by atoms with E-state index in [0.717, 1.165) is 0 Å². The van der Waals surface area contributed by atoms with Gasteiger partial charge in [0.25, 0.3) is 5.91 Å². The van der Waals surface area contributed by atoms with E-state index in [1.165, 1.54) is 25.1 Å². The summed E-state index contributed by atoms with van der Waals surface area (Å²) < 4.78 is 5.38. The van der Waals surface area contributed by atoms with Gasteiger partial charge in [-0.2, -0.15) is 0 Å². The van der Waals surface area contributed by atoms with E-state index in [1.54, 1.807) is 30.3 Å². The summed E-state index contributed by atoms with van der Waals surface area (Å²) in [5.41, 5.74) is 0.257. The van der Waals surface area contributed by atoms with Gasteiger partial charge in [-0.25, -0.2) is 0 Å². The van der Waals surface area contributed by atoms with E-state index in [9.17, 15) is 14.9 Å². The van der Waals surface area contributed by atoms with Crippen LogP contribution in [0.15, 0.2) is 48.5 Å². The number of carbonyl (C=O) groups is 1. The van der Waals surface area contributed by atoms with Gasteiger partial charge in [0.15, 0.2) is 11.9 Å². The van der Waals surface area contributed by atoms with Crippen LogP contribution in [-0.4, -0.2) is 16.9 Å². The molecule has 0 saturated carbocycles. The molecular weight excluding hydrogens is 308 g/mol. The molecule has 1 unspecified atom stereocenters. The molecule has 22 heavy (non-hydrogen) atoms. The number of rotatable bonds is 5. The molecule has 0 aromatic heterocycles. The number of halogens is 1. The standard InChI is InChI=1S/C15H13ClN2O4/c1-10(15(19)17-12-7-3-2-6-11(12)16)22-14-9-5-4-8-13(14)18(20)21/h2-10H,1H3,(H,17,19). The van der Waals surface area contributed by atoms with E-state index in [2.05, 4.69) is 5.32 Å². The SMILES string of the molecule is CC(Oc1ccccc1[N+](=O)[O-])C(=O)Nc1ccccc1Cl. The van der Waals surface area contributed by atoms with Crippen LogP contribution >= 0.6 is 11.6 Å². The molecule has 0 aliphatic rings. The monoisotopic (exact) mass is 320 g/mol. The van der Waals surface area contributed by atoms with Gasteiger partial charge in [0.2, 0.25) is 0 Å². The lowest BCUT2D eigenvalue weighted by molar-refractivity contribution is -0.386. The largest absolute Gasteiger partial charge is 0.474 e. The second-order valence-corrected chi connectivity index (χ2v) is 4.86. The summed E-state index contributed by atoms with van der Waals surface area (Å²) >= 11 is 5.96. The fourth-order valence-electron chi connectivity index (χ4n) is 1.75. The highest BCUT2D eigenvalue weighted by Crippen LogP contribution is 2.27. The molecule has 1 amide bonds. The molecule has 1 atom stereocenters. The topological polar surface area (TPSA) is 81.5 Å². The average molecular weight is 321 g/mol. The summed E-state index contributed by atoms with van der Waals surface area (Å²) in [5.74, 6) is -0.416. The first-order valence-electron chi connectivity index (χ1n) is 6.44. The maximum Gasteiger partial charge on any atom is 0.310 e. The molecular formula is C15H13ClN2O4. The van der Waals surface area contributed by atoms with Crippen molar-refractivity contribution in [2.75, 3.05) is 5.32 Å². The molecule has 0 spiro atoms. The highest BCUT2D eigenvalue weighted by atomic mass is 35.5. The molecule has 7 heteroatoms. The van der Waals surface area contributed by atoms with Crippen molar-refractivity contribution in [1.82, 2.24) is 0 Å². The number of anilines is 1. The van der Waals surface area contributed by atoms with Crippen LogP contribution in [0.4, 0.5) is 11.4 Å². The van der Waals surface area contributed by atoms with Gasteiger partial charge in [-0.3, -0.25) is 14.9 Å². The molecule has 0 saturated heterocycles. The fraction of sp³-hybridized carbons (Fsp3) is 0.133. The molecule has 2 aromatic carbocycles. The molecule has 114 valence electrons. The summed E-state index contributed by atoms with van der Waals surface area (Å²) in [5, 5.41) is 13.9. The Labute approximate surface area is 131 Å². The number of nitrogens with one attached hydrogen (secondary N) is 1. The number of carbonyl (C=O) groups excluding carboxylic acids is 1. The average Bonchev–Trinajstić information content (AvgIpc) is 2.49. The summed E-state index contributed by atoms with van der Waals surface area (Å²) in [6.45, 7) is 1.50. The van der Waals surface area contributed by atoms with Gasteiger partial charge in [0, 0.05) is 6.07 Å². The maximum absolute atomic E-state index is 12.1. The normalized spacial score (nSPS) is 11.5. The van der Waals surface area contributed by atoms with Crippen LogP contribution in [0.25, 0.3) is 0 Å². The van der Waals surface area contributed by atoms with Crippen molar-refractivity contribution >= 4 is 28.9 Å². The Bertz CT molecular complexity index is 705. The van der Waals surface area contributed by atoms with Gasteiger partial charge >= 0.3 is 5.69 Å². The Balaban J connectivity index is 2.09. The van der Waals surface area contributed by atoms with Crippen molar-refractivity contribution in [2.24, 2.45) is 0 Å². The van der Waals surface area contributed by atoms with Crippen molar-refractivity contribution in [3.63, 3.8) is 0 Å². The van der Waals surface area contributed by atoms with Crippen LogP contribution < -0.4 is 10.1 Å². The van der Waals surface area contributed by atoms with Gasteiger partial charge < -0.3 is 10.1 Å². The minimum Gasteiger partial charge on any atom is -0.474 e. The van der Waals surface area contributed by atoms with Gasteiger partial charge in [0.05, 0.1) is 15.6 Å². The molecule has 0 aliphatic heterocycles. The summed E-state index contributed by atoms with van der Waals surface area (Å²) in [7, 11) is 0. The van der Waals surface area contributed by atoms with E-state index in [-0.39, 0.29) is 11.4 Å². The van der Waals surface area contributed by atoms with Gasteiger partial charge in [-0.15, -0.1) is 0 Å². The molecule has 0 heterocycles. The van der Waals surface area contributed by atoms with E-state index < -0.39 is 16.9 Å². The molecule has 6 nitrogen and oxygen atoms in total. The summed E-state index contributed by atoms with van der Waals surface area (Å²) in [6, 6.07) is 12.6. The van der Waals surface area contributed by atoms with Crippen molar-refractivity contribution < 1.29 is 14.5 Å². The van der Waals surface area contributed by atoms with Crippen LogP contribution in [-0.2, 0) is 4.79 Å². The first kappa shape index (κ1) is 15.8. The van der Waals surface area contributed by atoms with Crippen molar-refractivity contribution in [1.29, 1.82) is 0 Å². The minimum atomic E-state index is -0.919. The number of benzene rings is 2. The van der Waals surface area contributed by atoms with Gasteiger partial charge in [0.1, 0.15) is 0 Å². The number of nitrogens with zero attached hydrogens (tertiary/aromatic N) is 1.